The third kappa shape index (κ3) is 4.40. The van der Waals surface area contributed by atoms with Crippen LogP contribution in [0.5, 0.6) is 0 Å². The maximum Gasteiger partial charge on any atom is 0.361 e. The number of hydrogen-bond acceptors (Lipinski definition) is 4. The van der Waals surface area contributed by atoms with Gasteiger partial charge in [-0.2, -0.15) is 0 Å². The molecule has 0 spiro atoms. The lowest BCUT2D eigenvalue weighted by atomic mass is 10.2. The first kappa shape index (κ1) is 16.9. The van der Waals surface area contributed by atoms with E-state index in [1.165, 1.54) is 0 Å². The van der Waals surface area contributed by atoms with E-state index in [0.29, 0.717) is 4.90 Å². The van der Waals surface area contributed by atoms with E-state index in [1.807, 2.05) is 19.1 Å². The quantitative estimate of drug-likeness (QED) is 0.564. The summed E-state index contributed by atoms with van der Waals surface area (Å²) in [6.45, 7) is 5.67. The summed E-state index contributed by atoms with van der Waals surface area (Å²) in [4.78, 5) is 0.505. The first-order chi connectivity index (χ1) is 8.94. The zero-order chi connectivity index (χ0) is 14.5. The van der Waals surface area contributed by atoms with Gasteiger partial charge in [0.2, 0.25) is 4.45 Å². The van der Waals surface area contributed by atoms with Crippen LogP contribution in [0.4, 0.5) is 0 Å². The van der Waals surface area contributed by atoms with Gasteiger partial charge < -0.3 is 9.05 Å². The van der Waals surface area contributed by atoms with Gasteiger partial charge in [0.15, 0.2) is 0 Å². The molecule has 0 fully saturated rings. The summed E-state index contributed by atoms with van der Waals surface area (Å²) in [5.74, 6) is 0. The second-order valence-electron chi connectivity index (χ2n) is 3.78. The Morgan fingerprint density at radius 2 is 1.68 bits per heavy atom. The second kappa shape index (κ2) is 7.55. The van der Waals surface area contributed by atoms with E-state index in [-0.39, 0.29) is 13.2 Å². The van der Waals surface area contributed by atoms with Crippen LogP contribution in [0.3, 0.4) is 0 Å². The maximum absolute atomic E-state index is 12.4. The molecule has 0 saturated heterocycles. The molecule has 4 nitrogen and oxygen atoms in total. The lowest BCUT2D eigenvalue weighted by Gasteiger charge is -2.21. The number of rotatable bonds is 7. The molecular formula is C12H18ClO4PS. The maximum atomic E-state index is 12.4. The van der Waals surface area contributed by atoms with Gasteiger partial charge in [-0.25, -0.2) is 0 Å². The minimum Gasteiger partial charge on any atom is -0.307 e. The molecule has 0 saturated carbocycles. The van der Waals surface area contributed by atoms with Crippen LogP contribution in [-0.2, 0) is 24.4 Å². The van der Waals surface area contributed by atoms with Crippen LogP contribution >= 0.6 is 19.2 Å². The van der Waals surface area contributed by atoms with E-state index in [2.05, 4.69) is 0 Å². The monoisotopic (exact) mass is 324 g/mol. The molecule has 2 atom stereocenters. The molecule has 0 amide bonds. The van der Waals surface area contributed by atoms with Gasteiger partial charge in [-0.05, 0) is 32.9 Å². The summed E-state index contributed by atoms with van der Waals surface area (Å²) in [6.07, 6.45) is 0. The van der Waals surface area contributed by atoms with Gasteiger partial charge in [-0.15, -0.1) is 0 Å². The van der Waals surface area contributed by atoms with E-state index in [1.54, 1.807) is 26.0 Å². The summed E-state index contributed by atoms with van der Waals surface area (Å²) in [5.41, 5.74) is 1.05. The highest BCUT2D eigenvalue weighted by Crippen LogP contribution is 2.56. The Kier molecular flexibility index (Phi) is 6.71. The van der Waals surface area contributed by atoms with Crippen LogP contribution < -0.4 is 0 Å². The summed E-state index contributed by atoms with van der Waals surface area (Å²) in [7, 11) is -5.24. The van der Waals surface area contributed by atoms with Crippen molar-refractivity contribution in [3.63, 3.8) is 0 Å². The standard InChI is InChI=1S/C12H18ClO4PS/c1-4-16-18(14,17-5-2)12(13)19(15)11-8-6-10(3)7-9-11/h6-9,12H,4-5H2,1-3H3. The summed E-state index contributed by atoms with van der Waals surface area (Å²) < 4.78 is 33.7. The molecular weight excluding hydrogens is 307 g/mol. The van der Waals surface area contributed by atoms with Crippen LogP contribution in [0.1, 0.15) is 19.4 Å². The van der Waals surface area contributed by atoms with Gasteiger partial charge in [0.05, 0.1) is 24.0 Å². The predicted molar refractivity (Wildman–Crippen MR) is 78.1 cm³/mol. The molecule has 1 aromatic rings. The van der Waals surface area contributed by atoms with Crippen molar-refractivity contribution in [1.82, 2.24) is 0 Å². The molecule has 2 unspecified atom stereocenters. The third-order valence-corrected chi connectivity index (χ3v) is 7.67. The minimum absolute atomic E-state index is 0.186. The Bertz CT molecular complexity index is 467. The first-order valence-corrected chi connectivity index (χ1v) is 9.20. The normalized spacial score (nSPS) is 15.2. The van der Waals surface area contributed by atoms with Gasteiger partial charge in [-0.1, -0.05) is 29.3 Å². The largest absolute Gasteiger partial charge is 0.361 e. The molecule has 7 heteroatoms. The molecule has 0 N–H and O–H groups in total. The lowest BCUT2D eigenvalue weighted by molar-refractivity contribution is 0.222. The van der Waals surface area contributed by atoms with Crippen molar-refractivity contribution < 1.29 is 17.8 Å². The fourth-order valence-corrected chi connectivity index (χ4v) is 5.39. The molecule has 0 aliphatic carbocycles. The molecule has 0 heterocycles. The van der Waals surface area contributed by atoms with Gasteiger partial charge in [-0.3, -0.25) is 8.77 Å². The van der Waals surface area contributed by atoms with Crippen molar-refractivity contribution in [2.75, 3.05) is 13.2 Å². The highest BCUT2D eigenvalue weighted by Gasteiger charge is 2.39. The number of hydrogen-bond donors (Lipinski definition) is 0. The second-order valence-corrected chi connectivity index (χ2v) is 8.78. The van der Waals surface area contributed by atoms with Crippen molar-refractivity contribution in [2.45, 2.75) is 30.1 Å². The third-order valence-electron chi connectivity index (χ3n) is 2.30. The minimum atomic E-state index is -3.58. The highest BCUT2D eigenvalue weighted by molar-refractivity contribution is 7.95. The molecule has 0 aliphatic rings. The fraction of sp³-hybridized carbons (Fsp3) is 0.500. The molecule has 19 heavy (non-hydrogen) atoms. The van der Waals surface area contributed by atoms with Crippen molar-refractivity contribution in [3.05, 3.63) is 29.8 Å². The molecule has 0 radical (unpaired) electrons. The molecule has 0 aliphatic heterocycles. The topological polar surface area (TPSA) is 52.6 Å². The smallest absolute Gasteiger partial charge is 0.307 e. The van der Waals surface area contributed by atoms with Crippen molar-refractivity contribution in [2.24, 2.45) is 0 Å². The van der Waals surface area contributed by atoms with Crippen molar-refractivity contribution in [1.29, 1.82) is 0 Å². The van der Waals surface area contributed by atoms with Crippen LogP contribution in [0, 0.1) is 6.92 Å². The Morgan fingerprint density at radius 3 is 2.11 bits per heavy atom. The van der Waals surface area contributed by atoms with Crippen LogP contribution in [0.2, 0.25) is 0 Å². The van der Waals surface area contributed by atoms with Crippen molar-refractivity contribution >= 4 is 30.0 Å². The Balaban J connectivity index is 2.96. The van der Waals surface area contributed by atoms with E-state index in [4.69, 9.17) is 20.6 Å². The van der Waals surface area contributed by atoms with Gasteiger partial charge in [0, 0.05) is 4.90 Å². The van der Waals surface area contributed by atoms with E-state index in [0.717, 1.165) is 5.56 Å². The molecule has 108 valence electrons. The zero-order valence-corrected chi connectivity index (χ0v) is 13.6. The first-order valence-electron chi connectivity index (χ1n) is 5.94. The summed E-state index contributed by atoms with van der Waals surface area (Å²) in [6, 6.07) is 7.04. The Morgan fingerprint density at radius 1 is 1.21 bits per heavy atom. The Hall–Kier alpha value is -0.190. The molecule has 0 aromatic heterocycles. The van der Waals surface area contributed by atoms with Gasteiger partial charge in [0.25, 0.3) is 0 Å². The number of alkyl halides is 1. The van der Waals surface area contributed by atoms with Crippen LogP contribution in [0.15, 0.2) is 29.2 Å². The van der Waals surface area contributed by atoms with Gasteiger partial charge in [0.1, 0.15) is 0 Å². The SMILES string of the molecule is CCOP(=O)(OCC)C(Cl)S(=O)c1ccc(C)cc1. The zero-order valence-electron chi connectivity index (χ0n) is 11.2. The van der Waals surface area contributed by atoms with Crippen LogP contribution in [-0.4, -0.2) is 21.9 Å². The molecule has 1 rings (SSSR count). The number of benzene rings is 1. The molecule has 1 aromatic carbocycles. The summed E-state index contributed by atoms with van der Waals surface area (Å²) in [5, 5.41) is 0. The average Bonchev–Trinajstić information content (AvgIpc) is 2.38. The average molecular weight is 325 g/mol. The lowest BCUT2D eigenvalue weighted by Crippen LogP contribution is -2.13. The van der Waals surface area contributed by atoms with Crippen LogP contribution in [0.25, 0.3) is 0 Å². The van der Waals surface area contributed by atoms with E-state index >= 15 is 0 Å². The molecule has 0 bridgehead atoms. The highest BCUT2D eigenvalue weighted by atomic mass is 35.5. The number of halogens is 1. The fourth-order valence-electron chi connectivity index (χ4n) is 1.42. The van der Waals surface area contributed by atoms with E-state index < -0.39 is 22.8 Å². The van der Waals surface area contributed by atoms with E-state index in [9.17, 15) is 8.77 Å². The van der Waals surface area contributed by atoms with Gasteiger partial charge >= 0.3 is 7.60 Å². The Labute approximate surface area is 121 Å². The summed E-state index contributed by atoms with van der Waals surface area (Å²) >= 11 is 6.06. The number of aryl methyl sites for hydroxylation is 1. The predicted octanol–water partition coefficient (Wildman–Crippen LogP) is 3.89. The van der Waals surface area contributed by atoms with Crippen molar-refractivity contribution in [3.8, 4) is 0 Å².